The Hall–Kier alpha value is -3.67. The van der Waals surface area contributed by atoms with E-state index in [1.807, 2.05) is 31.2 Å². The molecular weight excluding hydrogens is 354 g/mol. The second-order valence-electron chi connectivity index (χ2n) is 6.30. The molecule has 0 aliphatic carbocycles. The maximum absolute atomic E-state index is 12.3. The molecule has 3 aromatic rings. The number of carbonyl (C=O) groups excluding carboxylic acids is 2. The van der Waals surface area contributed by atoms with Gasteiger partial charge in [-0.15, -0.1) is 0 Å². The second-order valence-corrected chi connectivity index (χ2v) is 6.30. The summed E-state index contributed by atoms with van der Waals surface area (Å²) in [5.41, 5.74) is 3.94. The monoisotopic (exact) mass is 375 g/mol. The van der Waals surface area contributed by atoms with Crippen molar-refractivity contribution in [2.45, 2.75) is 13.5 Å². The van der Waals surface area contributed by atoms with E-state index in [1.54, 1.807) is 36.4 Å². The van der Waals surface area contributed by atoms with E-state index < -0.39 is 0 Å². The van der Waals surface area contributed by atoms with Crippen LogP contribution in [-0.4, -0.2) is 24.0 Å². The zero-order chi connectivity index (χ0) is 19.9. The fraction of sp³-hybridized carbons (Fsp3) is 0.136. The van der Waals surface area contributed by atoms with E-state index in [0.29, 0.717) is 23.5 Å². The van der Waals surface area contributed by atoms with Gasteiger partial charge in [0.05, 0.1) is 18.2 Å². The van der Waals surface area contributed by atoms with Gasteiger partial charge in [0.1, 0.15) is 5.82 Å². The third kappa shape index (κ3) is 4.94. The molecule has 1 amide bonds. The van der Waals surface area contributed by atoms with Crippen LogP contribution < -0.4 is 10.6 Å². The van der Waals surface area contributed by atoms with Gasteiger partial charge < -0.3 is 15.4 Å². The molecule has 6 nitrogen and oxygen atoms in total. The minimum absolute atomic E-state index is 0.178. The van der Waals surface area contributed by atoms with Crippen molar-refractivity contribution in [1.82, 2.24) is 10.3 Å². The number of carbonyl (C=O) groups is 2. The first-order chi connectivity index (χ1) is 13.5. The first kappa shape index (κ1) is 19.1. The molecule has 0 radical (unpaired) electrons. The van der Waals surface area contributed by atoms with Crippen molar-refractivity contribution in [3.63, 3.8) is 0 Å². The van der Waals surface area contributed by atoms with Crippen molar-refractivity contribution in [1.29, 1.82) is 0 Å². The van der Waals surface area contributed by atoms with Crippen LogP contribution in [0.15, 0.2) is 66.9 Å². The van der Waals surface area contributed by atoms with E-state index in [-0.39, 0.29) is 11.9 Å². The number of ether oxygens (including phenoxy) is 1. The Morgan fingerprint density at radius 2 is 1.75 bits per heavy atom. The van der Waals surface area contributed by atoms with Crippen LogP contribution in [0, 0.1) is 6.92 Å². The smallest absolute Gasteiger partial charge is 0.337 e. The standard InChI is InChI=1S/C22H21N3O3/c1-15-4-3-5-16(12-15)13-24-21(26)18-8-11-20(23-14-18)25-19-9-6-17(7-10-19)22(27)28-2/h3-12,14H,13H2,1-2H3,(H,23,25)(H,24,26). The Bertz CT molecular complexity index is 967. The molecule has 28 heavy (non-hydrogen) atoms. The highest BCUT2D eigenvalue weighted by molar-refractivity contribution is 5.94. The van der Waals surface area contributed by atoms with Gasteiger partial charge in [-0.25, -0.2) is 9.78 Å². The summed E-state index contributed by atoms with van der Waals surface area (Å²) in [6.07, 6.45) is 1.52. The first-order valence-corrected chi connectivity index (χ1v) is 8.80. The maximum Gasteiger partial charge on any atom is 0.337 e. The third-order valence-electron chi connectivity index (χ3n) is 4.14. The highest BCUT2D eigenvalue weighted by Crippen LogP contribution is 2.16. The molecule has 0 aliphatic heterocycles. The number of aryl methyl sites for hydroxylation is 1. The number of amides is 1. The molecule has 0 spiro atoms. The lowest BCUT2D eigenvalue weighted by Crippen LogP contribution is -2.22. The Labute approximate surface area is 163 Å². The molecule has 3 rings (SSSR count). The number of aromatic nitrogens is 1. The second kappa shape index (κ2) is 8.81. The van der Waals surface area contributed by atoms with Crippen LogP contribution in [0.3, 0.4) is 0 Å². The highest BCUT2D eigenvalue weighted by Gasteiger charge is 2.07. The number of esters is 1. The summed E-state index contributed by atoms with van der Waals surface area (Å²) in [5.74, 6) is 0.0368. The molecule has 142 valence electrons. The van der Waals surface area contributed by atoms with Crippen LogP contribution in [0.4, 0.5) is 11.5 Å². The van der Waals surface area contributed by atoms with E-state index in [0.717, 1.165) is 16.8 Å². The Kier molecular flexibility index (Phi) is 6.01. The Morgan fingerprint density at radius 1 is 1.00 bits per heavy atom. The topological polar surface area (TPSA) is 80.3 Å². The van der Waals surface area contributed by atoms with Gasteiger partial charge in [0.25, 0.3) is 5.91 Å². The minimum Gasteiger partial charge on any atom is -0.465 e. The molecule has 0 unspecified atom stereocenters. The number of hydrogen-bond acceptors (Lipinski definition) is 5. The van der Waals surface area contributed by atoms with Crippen LogP contribution >= 0.6 is 0 Å². The van der Waals surface area contributed by atoms with Gasteiger partial charge in [-0.3, -0.25) is 4.79 Å². The molecule has 0 saturated heterocycles. The van der Waals surface area contributed by atoms with E-state index in [1.165, 1.54) is 13.3 Å². The summed E-state index contributed by atoms with van der Waals surface area (Å²) in [6.45, 7) is 2.48. The molecule has 0 fully saturated rings. The summed E-state index contributed by atoms with van der Waals surface area (Å²) >= 11 is 0. The molecule has 0 saturated carbocycles. The molecule has 0 aliphatic rings. The predicted octanol–water partition coefficient (Wildman–Crippen LogP) is 3.85. The van der Waals surface area contributed by atoms with Gasteiger partial charge in [-0.05, 0) is 48.9 Å². The van der Waals surface area contributed by atoms with Gasteiger partial charge in [0, 0.05) is 18.4 Å². The van der Waals surface area contributed by atoms with Gasteiger partial charge in [-0.1, -0.05) is 29.8 Å². The molecule has 0 atom stereocenters. The summed E-state index contributed by atoms with van der Waals surface area (Å²) in [6, 6.07) is 18.3. The normalized spacial score (nSPS) is 10.2. The van der Waals surface area contributed by atoms with Crippen molar-refractivity contribution in [3.05, 3.63) is 89.1 Å². The van der Waals surface area contributed by atoms with Gasteiger partial charge in [0.15, 0.2) is 0 Å². The lowest BCUT2D eigenvalue weighted by atomic mass is 10.1. The van der Waals surface area contributed by atoms with E-state index in [9.17, 15) is 9.59 Å². The highest BCUT2D eigenvalue weighted by atomic mass is 16.5. The Balaban J connectivity index is 1.58. The van der Waals surface area contributed by atoms with Crippen LogP contribution in [0.1, 0.15) is 31.8 Å². The molecule has 6 heteroatoms. The largest absolute Gasteiger partial charge is 0.465 e. The van der Waals surface area contributed by atoms with Crippen molar-refractivity contribution >= 4 is 23.4 Å². The lowest BCUT2D eigenvalue weighted by molar-refractivity contribution is 0.0600. The quantitative estimate of drug-likeness (QED) is 0.640. The first-order valence-electron chi connectivity index (χ1n) is 8.80. The average molecular weight is 375 g/mol. The fourth-order valence-electron chi connectivity index (χ4n) is 2.66. The zero-order valence-electron chi connectivity index (χ0n) is 15.7. The number of methoxy groups -OCH3 is 1. The molecule has 0 bridgehead atoms. The van der Waals surface area contributed by atoms with Crippen LogP contribution in [0.2, 0.25) is 0 Å². The van der Waals surface area contributed by atoms with Crippen molar-refractivity contribution < 1.29 is 14.3 Å². The molecule has 1 aromatic heterocycles. The van der Waals surface area contributed by atoms with Crippen molar-refractivity contribution in [2.75, 3.05) is 12.4 Å². The number of anilines is 2. The predicted molar refractivity (Wildman–Crippen MR) is 108 cm³/mol. The number of hydrogen-bond donors (Lipinski definition) is 2. The summed E-state index contributed by atoms with van der Waals surface area (Å²) in [4.78, 5) is 28.0. The number of nitrogens with one attached hydrogen (secondary N) is 2. The average Bonchev–Trinajstić information content (AvgIpc) is 2.72. The van der Waals surface area contributed by atoms with Crippen LogP contribution in [0.5, 0.6) is 0 Å². The maximum atomic E-state index is 12.3. The number of pyridine rings is 1. The molecule has 2 N–H and O–H groups in total. The summed E-state index contributed by atoms with van der Waals surface area (Å²) in [5, 5.41) is 6.01. The fourth-order valence-corrected chi connectivity index (χ4v) is 2.66. The molecular formula is C22H21N3O3. The minimum atomic E-state index is -0.384. The van der Waals surface area contributed by atoms with Crippen molar-refractivity contribution in [3.8, 4) is 0 Å². The van der Waals surface area contributed by atoms with E-state index in [4.69, 9.17) is 0 Å². The summed E-state index contributed by atoms with van der Waals surface area (Å²) in [7, 11) is 1.34. The van der Waals surface area contributed by atoms with Crippen LogP contribution in [-0.2, 0) is 11.3 Å². The zero-order valence-corrected chi connectivity index (χ0v) is 15.7. The van der Waals surface area contributed by atoms with E-state index >= 15 is 0 Å². The number of nitrogens with zero attached hydrogens (tertiary/aromatic N) is 1. The van der Waals surface area contributed by atoms with Crippen LogP contribution in [0.25, 0.3) is 0 Å². The van der Waals surface area contributed by atoms with Gasteiger partial charge in [-0.2, -0.15) is 0 Å². The summed E-state index contributed by atoms with van der Waals surface area (Å²) < 4.78 is 4.67. The SMILES string of the molecule is COC(=O)c1ccc(Nc2ccc(C(=O)NCc3cccc(C)c3)cn2)cc1. The number of rotatable bonds is 6. The molecule has 1 heterocycles. The van der Waals surface area contributed by atoms with Crippen molar-refractivity contribution in [2.24, 2.45) is 0 Å². The third-order valence-corrected chi connectivity index (χ3v) is 4.14. The van der Waals surface area contributed by atoms with E-state index in [2.05, 4.69) is 20.4 Å². The Morgan fingerprint density at radius 3 is 2.39 bits per heavy atom. The van der Waals surface area contributed by atoms with Gasteiger partial charge in [0.2, 0.25) is 0 Å². The lowest BCUT2D eigenvalue weighted by Gasteiger charge is -2.08. The van der Waals surface area contributed by atoms with Gasteiger partial charge >= 0.3 is 5.97 Å². The number of benzene rings is 2. The molecule has 2 aromatic carbocycles.